The molecule has 0 saturated carbocycles. The number of hydrogen-bond acceptors (Lipinski definition) is 3. The molecule has 0 saturated heterocycles. The number of benzene rings is 1. The molecule has 16 heavy (non-hydrogen) atoms. The monoisotopic (exact) mass is 308 g/mol. The highest BCUT2D eigenvalue weighted by atomic mass is 79.9. The van der Waals surface area contributed by atoms with Crippen molar-refractivity contribution in [1.29, 1.82) is 0 Å². The van der Waals surface area contributed by atoms with Gasteiger partial charge in [0.1, 0.15) is 15.7 Å². The number of halogens is 2. The predicted molar refractivity (Wildman–Crippen MR) is 62.8 cm³/mol. The molecule has 0 aliphatic rings. The van der Waals surface area contributed by atoms with Crippen LogP contribution in [0.25, 0.3) is 0 Å². The largest absolute Gasteiger partial charge is 0.294 e. The van der Waals surface area contributed by atoms with Crippen LogP contribution in [-0.2, 0) is 9.84 Å². The molecular formula is C10H10BrFO3S. The first-order chi connectivity index (χ1) is 7.28. The molecule has 1 aromatic carbocycles. The zero-order valence-electron chi connectivity index (χ0n) is 8.54. The van der Waals surface area contributed by atoms with Crippen LogP contribution in [0.15, 0.2) is 22.7 Å². The van der Waals surface area contributed by atoms with E-state index >= 15 is 0 Å². The third-order valence-corrected chi connectivity index (χ3v) is 3.29. The van der Waals surface area contributed by atoms with Crippen LogP contribution in [0.5, 0.6) is 0 Å². The second-order valence-electron chi connectivity index (χ2n) is 3.46. The normalized spacial score (nSPS) is 11.4. The fraction of sp³-hybridized carbons (Fsp3) is 0.300. The molecule has 0 spiro atoms. The molecule has 1 aromatic rings. The zero-order chi connectivity index (χ0) is 12.3. The standard InChI is InChI=1S/C10H10BrFO3S/c1-16(14,15)3-2-10(13)7-4-8(11)6-9(12)5-7/h4-6H,2-3H2,1H3. The van der Waals surface area contributed by atoms with E-state index in [2.05, 4.69) is 15.9 Å². The van der Waals surface area contributed by atoms with Gasteiger partial charge in [0, 0.05) is 22.7 Å². The third kappa shape index (κ3) is 4.40. The number of ketones is 1. The Labute approximate surface area is 102 Å². The maximum atomic E-state index is 13.0. The predicted octanol–water partition coefficient (Wildman–Crippen LogP) is 2.21. The fourth-order valence-electron chi connectivity index (χ4n) is 1.14. The van der Waals surface area contributed by atoms with Gasteiger partial charge in [0.2, 0.25) is 0 Å². The molecule has 0 aliphatic carbocycles. The average molecular weight is 309 g/mol. The summed E-state index contributed by atoms with van der Waals surface area (Å²) in [6, 6.07) is 3.79. The van der Waals surface area contributed by atoms with Gasteiger partial charge in [-0.1, -0.05) is 15.9 Å². The van der Waals surface area contributed by atoms with Gasteiger partial charge in [-0.25, -0.2) is 12.8 Å². The van der Waals surface area contributed by atoms with Gasteiger partial charge in [0.05, 0.1) is 5.75 Å². The fourth-order valence-corrected chi connectivity index (χ4v) is 2.16. The van der Waals surface area contributed by atoms with Gasteiger partial charge in [-0.05, 0) is 18.2 Å². The smallest absolute Gasteiger partial charge is 0.164 e. The summed E-state index contributed by atoms with van der Waals surface area (Å²) < 4.78 is 35.1. The molecule has 3 nitrogen and oxygen atoms in total. The summed E-state index contributed by atoms with van der Waals surface area (Å²) in [5.41, 5.74) is 0.176. The van der Waals surface area contributed by atoms with Crippen molar-refractivity contribution < 1.29 is 17.6 Å². The van der Waals surface area contributed by atoms with Gasteiger partial charge in [-0.2, -0.15) is 0 Å². The van der Waals surface area contributed by atoms with E-state index in [4.69, 9.17) is 0 Å². The van der Waals surface area contributed by atoms with Gasteiger partial charge in [0.15, 0.2) is 5.78 Å². The van der Waals surface area contributed by atoms with E-state index < -0.39 is 15.7 Å². The Bertz CT molecular complexity index is 491. The molecular weight excluding hydrogens is 299 g/mol. The molecule has 1 rings (SSSR count). The number of carbonyl (C=O) groups excluding carboxylic acids is 1. The maximum absolute atomic E-state index is 13.0. The first-order valence-electron chi connectivity index (χ1n) is 4.45. The summed E-state index contributed by atoms with van der Waals surface area (Å²) in [6.45, 7) is 0. The molecule has 0 bridgehead atoms. The van der Waals surface area contributed by atoms with E-state index in [1.165, 1.54) is 12.1 Å². The lowest BCUT2D eigenvalue weighted by Crippen LogP contribution is -2.09. The minimum absolute atomic E-state index is 0.130. The van der Waals surface area contributed by atoms with Crippen LogP contribution in [0, 0.1) is 5.82 Å². The van der Waals surface area contributed by atoms with E-state index in [1.54, 1.807) is 0 Å². The lowest BCUT2D eigenvalue weighted by molar-refractivity contribution is 0.0988. The Morgan fingerprint density at radius 1 is 1.38 bits per heavy atom. The van der Waals surface area contributed by atoms with Crippen molar-refractivity contribution in [2.24, 2.45) is 0 Å². The van der Waals surface area contributed by atoms with Crippen molar-refractivity contribution in [3.63, 3.8) is 0 Å². The number of rotatable bonds is 4. The number of carbonyl (C=O) groups is 1. The Kier molecular flexibility index (Phi) is 4.21. The highest BCUT2D eigenvalue weighted by Crippen LogP contribution is 2.16. The van der Waals surface area contributed by atoms with E-state index in [-0.39, 0.29) is 23.5 Å². The van der Waals surface area contributed by atoms with Gasteiger partial charge < -0.3 is 0 Å². The van der Waals surface area contributed by atoms with Gasteiger partial charge in [-0.15, -0.1) is 0 Å². The van der Waals surface area contributed by atoms with Gasteiger partial charge in [-0.3, -0.25) is 4.79 Å². The number of hydrogen-bond donors (Lipinski definition) is 0. The van der Waals surface area contributed by atoms with E-state index in [0.29, 0.717) is 4.47 Å². The van der Waals surface area contributed by atoms with E-state index in [1.807, 2.05) is 0 Å². The van der Waals surface area contributed by atoms with Crippen LogP contribution in [0.2, 0.25) is 0 Å². The Balaban J connectivity index is 2.81. The molecule has 88 valence electrons. The molecule has 0 aliphatic heterocycles. The van der Waals surface area contributed by atoms with Crippen LogP contribution in [0.4, 0.5) is 4.39 Å². The van der Waals surface area contributed by atoms with Crippen molar-refractivity contribution in [3.8, 4) is 0 Å². The summed E-state index contributed by atoms with van der Waals surface area (Å²) in [7, 11) is -3.17. The molecule has 0 unspecified atom stereocenters. The van der Waals surface area contributed by atoms with Crippen LogP contribution < -0.4 is 0 Å². The highest BCUT2D eigenvalue weighted by molar-refractivity contribution is 9.10. The highest BCUT2D eigenvalue weighted by Gasteiger charge is 2.11. The lowest BCUT2D eigenvalue weighted by atomic mass is 10.1. The van der Waals surface area contributed by atoms with Crippen molar-refractivity contribution in [3.05, 3.63) is 34.1 Å². The number of Topliss-reactive ketones (excluding diaryl/α,β-unsaturated/α-hetero) is 1. The first kappa shape index (κ1) is 13.3. The van der Waals surface area contributed by atoms with E-state index in [9.17, 15) is 17.6 Å². The van der Waals surface area contributed by atoms with Crippen LogP contribution in [-0.4, -0.2) is 26.2 Å². The first-order valence-corrected chi connectivity index (χ1v) is 7.30. The molecule has 0 fully saturated rings. The summed E-state index contributed by atoms with van der Waals surface area (Å²) >= 11 is 3.06. The van der Waals surface area contributed by atoms with Gasteiger partial charge in [0.25, 0.3) is 0 Å². The molecule has 0 amide bonds. The van der Waals surface area contributed by atoms with Crippen molar-refractivity contribution in [1.82, 2.24) is 0 Å². The minimum atomic E-state index is -3.17. The molecule has 0 heterocycles. The van der Waals surface area contributed by atoms with Gasteiger partial charge >= 0.3 is 0 Å². The average Bonchev–Trinajstić information content (AvgIpc) is 2.11. The molecule has 0 aromatic heterocycles. The van der Waals surface area contributed by atoms with Crippen LogP contribution in [0.3, 0.4) is 0 Å². The SMILES string of the molecule is CS(=O)(=O)CCC(=O)c1cc(F)cc(Br)c1. The van der Waals surface area contributed by atoms with Crippen LogP contribution >= 0.6 is 15.9 Å². The lowest BCUT2D eigenvalue weighted by Gasteiger charge is -2.01. The Morgan fingerprint density at radius 2 is 2.00 bits per heavy atom. The summed E-state index contributed by atoms with van der Waals surface area (Å²) in [5.74, 6) is -1.14. The molecule has 0 N–H and O–H groups in total. The molecule has 0 radical (unpaired) electrons. The molecule has 0 atom stereocenters. The quantitative estimate of drug-likeness (QED) is 0.801. The Morgan fingerprint density at radius 3 is 2.50 bits per heavy atom. The topological polar surface area (TPSA) is 51.2 Å². The maximum Gasteiger partial charge on any atom is 0.164 e. The minimum Gasteiger partial charge on any atom is -0.294 e. The second kappa shape index (κ2) is 5.05. The zero-order valence-corrected chi connectivity index (χ0v) is 10.9. The summed E-state index contributed by atoms with van der Waals surface area (Å²) in [4.78, 5) is 11.5. The summed E-state index contributed by atoms with van der Waals surface area (Å²) in [5, 5.41) is 0. The van der Waals surface area contributed by atoms with Crippen molar-refractivity contribution in [2.45, 2.75) is 6.42 Å². The Hall–Kier alpha value is -0.750. The van der Waals surface area contributed by atoms with Crippen LogP contribution in [0.1, 0.15) is 16.8 Å². The third-order valence-electron chi connectivity index (χ3n) is 1.88. The van der Waals surface area contributed by atoms with Crippen molar-refractivity contribution >= 4 is 31.6 Å². The van der Waals surface area contributed by atoms with Crippen molar-refractivity contribution in [2.75, 3.05) is 12.0 Å². The van der Waals surface area contributed by atoms with E-state index in [0.717, 1.165) is 12.3 Å². The molecule has 6 heteroatoms. The number of sulfone groups is 1. The second-order valence-corrected chi connectivity index (χ2v) is 6.64. The summed E-state index contributed by atoms with van der Waals surface area (Å²) in [6.07, 6.45) is 0.927.